The number of thioether (sulfide) groups is 8. The van der Waals surface area contributed by atoms with Crippen molar-refractivity contribution in [2.24, 2.45) is 0 Å². The van der Waals surface area contributed by atoms with Crippen LogP contribution in [0.15, 0.2) is 48.7 Å². The van der Waals surface area contributed by atoms with E-state index < -0.39 is 16.1 Å². The molecule has 0 radical (unpaired) electrons. The summed E-state index contributed by atoms with van der Waals surface area (Å²) in [6.45, 7) is 28.9. The Bertz CT molecular complexity index is 1190. The van der Waals surface area contributed by atoms with Crippen LogP contribution in [0.1, 0.15) is 83.1 Å². The smallest absolute Gasteiger partial charge is 0.125 e. The quantitative estimate of drug-likeness (QED) is 0.140. The molecule has 0 saturated carbocycles. The zero-order valence-corrected chi connectivity index (χ0v) is 39.4. The molecule has 0 aromatic heterocycles. The maximum atomic E-state index is 4.09. The summed E-state index contributed by atoms with van der Waals surface area (Å²) >= 11 is 15.0. The molecule has 2 rings (SSSR count). The Balaban J connectivity index is 3.07. The van der Waals surface area contributed by atoms with Crippen molar-refractivity contribution in [2.75, 3.05) is 25.0 Å². The highest BCUT2D eigenvalue weighted by Crippen LogP contribution is 2.58. The number of hydrogen-bond acceptors (Lipinski definition) is 8. The molecule has 0 N–H and O–H groups in total. The molecule has 0 aliphatic carbocycles. The second kappa shape index (κ2) is 19.6. The van der Waals surface area contributed by atoms with Crippen LogP contribution in [0.2, 0.25) is 33.2 Å². The normalized spacial score (nSPS) is 16.7. The van der Waals surface area contributed by atoms with E-state index in [0.717, 1.165) is 11.1 Å². The Kier molecular flexibility index (Phi) is 18.4. The third kappa shape index (κ3) is 10.1. The molecule has 0 amide bonds. The number of allylic oxidation sites excluding steroid dienone is 4. The molecular formula is C36H56S8Si2. The molecule has 256 valence electrons. The van der Waals surface area contributed by atoms with E-state index in [1.54, 1.807) is 0 Å². The first-order chi connectivity index (χ1) is 21.5. The van der Waals surface area contributed by atoms with Crippen molar-refractivity contribution in [2.45, 2.75) is 116 Å². The molecule has 0 spiro atoms. The van der Waals surface area contributed by atoms with E-state index >= 15 is 0 Å². The molecule has 0 bridgehead atoms. The maximum Gasteiger partial charge on any atom is 0.146 e. The lowest BCUT2D eigenvalue weighted by atomic mass is 10.1. The summed E-state index contributed by atoms with van der Waals surface area (Å²) in [6, 6.07) is 0. The lowest BCUT2D eigenvalue weighted by Crippen LogP contribution is -2.43. The highest BCUT2D eigenvalue weighted by molar-refractivity contribution is 8.41. The summed E-state index contributed by atoms with van der Waals surface area (Å²) in [4.78, 5) is 0. The van der Waals surface area contributed by atoms with Crippen molar-refractivity contribution in [3.8, 4) is 22.9 Å². The van der Waals surface area contributed by atoms with Crippen molar-refractivity contribution >= 4 is 110 Å². The summed E-state index contributed by atoms with van der Waals surface area (Å²) in [6.07, 6.45) is 13.5. The SMILES string of the molecule is CSC1=C(SC)SC(=C/C(C#C[Si](C(C)C)(C(C)C)C(C)C)=C(\C#C[Si](C(C)C)(C(C)C)C(C)C)C=C2SC(SC)=C(SC)S2)S1. The van der Waals surface area contributed by atoms with Gasteiger partial charge in [0.2, 0.25) is 0 Å². The van der Waals surface area contributed by atoms with Gasteiger partial charge in [-0.3, -0.25) is 0 Å². The van der Waals surface area contributed by atoms with Crippen molar-refractivity contribution in [3.05, 3.63) is 48.7 Å². The van der Waals surface area contributed by atoms with E-state index in [2.05, 4.69) is 143 Å². The van der Waals surface area contributed by atoms with Crippen LogP contribution in [-0.4, -0.2) is 41.2 Å². The summed E-state index contributed by atoms with van der Waals surface area (Å²) in [5.41, 5.74) is 13.8. The summed E-state index contributed by atoms with van der Waals surface area (Å²) in [7, 11) is -3.93. The van der Waals surface area contributed by atoms with Gasteiger partial charge in [-0.2, -0.15) is 0 Å². The van der Waals surface area contributed by atoms with E-state index in [0.29, 0.717) is 33.2 Å². The predicted octanol–water partition coefficient (Wildman–Crippen LogP) is 15.1. The van der Waals surface area contributed by atoms with E-state index in [4.69, 9.17) is 0 Å². The van der Waals surface area contributed by atoms with E-state index in [1.165, 1.54) is 25.4 Å². The molecule has 0 aromatic rings. The second-order valence-electron chi connectivity index (χ2n) is 13.4. The highest BCUT2D eigenvalue weighted by atomic mass is 32.3. The predicted molar refractivity (Wildman–Crippen MR) is 239 cm³/mol. The molecule has 0 aromatic carbocycles. The minimum Gasteiger partial charge on any atom is -0.125 e. The first-order valence-electron chi connectivity index (χ1n) is 16.1. The largest absolute Gasteiger partial charge is 0.146 e. The van der Waals surface area contributed by atoms with Gasteiger partial charge in [-0.25, -0.2) is 0 Å². The fourth-order valence-electron chi connectivity index (χ4n) is 7.01. The van der Waals surface area contributed by atoms with Gasteiger partial charge in [0.15, 0.2) is 0 Å². The molecule has 0 nitrogen and oxygen atoms in total. The third-order valence-electron chi connectivity index (χ3n) is 9.22. The van der Waals surface area contributed by atoms with Gasteiger partial charge in [0.05, 0.1) is 25.4 Å². The molecule has 0 atom stereocenters. The number of rotatable bonds is 12. The van der Waals surface area contributed by atoms with E-state index in [1.807, 2.05) is 94.1 Å². The Hall–Kier alpha value is 1.05. The van der Waals surface area contributed by atoms with Crippen LogP contribution in [0.3, 0.4) is 0 Å². The van der Waals surface area contributed by atoms with Crippen molar-refractivity contribution in [3.63, 3.8) is 0 Å². The molecule has 46 heavy (non-hydrogen) atoms. The average Bonchev–Trinajstić information content (AvgIpc) is 3.58. The first-order valence-corrected chi connectivity index (χ1v) is 28.8. The van der Waals surface area contributed by atoms with Crippen molar-refractivity contribution in [1.29, 1.82) is 0 Å². The monoisotopic (exact) mass is 800 g/mol. The highest BCUT2D eigenvalue weighted by Gasteiger charge is 2.43. The van der Waals surface area contributed by atoms with Crippen LogP contribution in [0, 0.1) is 22.9 Å². The van der Waals surface area contributed by atoms with Crippen LogP contribution in [0.5, 0.6) is 0 Å². The van der Waals surface area contributed by atoms with E-state index in [9.17, 15) is 0 Å². The van der Waals surface area contributed by atoms with Gasteiger partial charge in [0.25, 0.3) is 0 Å². The van der Waals surface area contributed by atoms with Gasteiger partial charge < -0.3 is 0 Å². The summed E-state index contributed by atoms with van der Waals surface area (Å²) < 4.78 is 8.18. The van der Waals surface area contributed by atoms with Gasteiger partial charge >= 0.3 is 0 Å². The lowest BCUT2D eigenvalue weighted by molar-refractivity contribution is 0.838. The van der Waals surface area contributed by atoms with Crippen molar-refractivity contribution < 1.29 is 0 Å². The van der Waals surface area contributed by atoms with Gasteiger partial charge in [0.1, 0.15) is 16.1 Å². The Morgan fingerprint density at radius 3 is 0.848 bits per heavy atom. The summed E-state index contributed by atoms with van der Waals surface area (Å²) in [5, 5.41) is 0. The maximum absolute atomic E-state index is 4.09. The molecule has 0 fully saturated rings. The summed E-state index contributed by atoms with van der Waals surface area (Å²) in [5.74, 6) is 7.86. The molecule has 10 heteroatoms. The molecule has 2 aliphatic rings. The minimum atomic E-state index is -1.97. The second-order valence-corrected chi connectivity index (χ2v) is 33.6. The Morgan fingerprint density at radius 1 is 0.457 bits per heavy atom. The zero-order chi connectivity index (χ0) is 35.0. The molecule has 2 aliphatic heterocycles. The van der Waals surface area contributed by atoms with Crippen LogP contribution < -0.4 is 0 Å². The lowest BCUT2D eigenvalue weighted by Gasteiger charge is -2.38. The molecule has 0 saturated heterocycles. The van der Waals surface area contributed by atoms with Gasteiger partial charge in [-0.05, 0) is 70.4 Å². The average molecular weight is 802 g/mol. The van der Waals surface area contributed by atoms with Crippen molar-refractivity contribution in [1.82, 2.24) is 0 Å². The third-order valence-corrected chi connectivity index (χ3v) is 32.0. The van der Waals surface area contributed by atoms with Gasteiger partial charge in [-0.1, -0.05) is 142 Å². The van der Waals surface area contributed by atoms with Gasteiger partial charge in [-0.15, -0.1) is 58.1 Å². The Labute approximate surface area is 320 Å². The van der Waals surface area contributed by atoms with Crippen LogP contribution in [0.25, 0.3) is 0 Å². The fourth-order valence-corrected chi connectivity index (χ4v) is 27.3. The van der Waals surface area contributed by atoms with Crippen LogP contribution in [0.4, 0.5) is 0 Å². The van der Waals surface area contributed by atoms with E-state index in [-0.39, 0.29) is 0 Å². The topological polar surface area (TPSA) is 0 Å². The van der Waals surface area contributed by atoms with Gasteiger partial charge in [0, 0.05) is 11.1 Å². The molecule has 0 unspecified atom stereocenters. The van der Waals surface area contributed by atoms with Crippen LogP contribution in [-0.2, 0) is 0 Å². The standard InChI is InChI=1S/C36H56S8Si2/c1-23(2)45(24(3)4,25(5)6)19-17-29(21-31-41-33(37-13)34(38-14)42-31)30(22-32-43-35(39-15)36(40-16)44-32)18-20-46(26(7)8,27(9)10)28(11)12/h21-28H,1-16H3/b30-29+. The first kappa shape index (κ1) is 43.2. The minimum absolute atomic E-state index is 0.575. The molecular weight excluding hydrogens is 745 g/mol. The zero-order valence-electron chi connectivity index (χ0n) is 30.9. The fraction of sp³-hybridized carbons (Fsp3) is 0.611. The Morgan fingerprint density at radius 2 is 0.674 bits per heavy atom. The van der Waals surface area contributed by atoms with Crippen LogP contribution >= 0.6 is 94.1 Å². The number of hydrogen-bond donors (Lipinski definition) is 0. The molecule has 2 heterocycles.